The SMILES string of the molecule is CCCC(Nc1cncc(-c2ccc(O)c(OC)c2)n1)c1cccc(O)c1. The lowest BCUT2D eigenvalue weighted by molar-refractivity contribution is 0.373. The molecule has 0 saturated carbocycles. The average Bonchev–Trinajstić information content (AvgIpc) is 2.68. The van der Waals surface area contributed by atoms with Crippen LogP contribution in [0.1, 0.15) is 31.4 Å². The molecule has 27 heavy (non-hydrogen) atoms. The minimum atomic E-state index is 0.0148. The van der Waals surface area contributed by atoms with Gasteiger partial charge in [0.1, 0.15) is 11.6 Å². The van der Waals surface area contributed by atoms with Gasteiger partial charge in [0.25, 0.3) is 0 Å². The van der Waals surface area contributed by atoms with E-state index in [0.29, 0.717) is 17.3 Å². The summed E-state index contributed by atoms with van der Waals surface area (Å²) in [5.41, 5.74) is 2.46. The third-order valence-electron chi connectivity index (χ3n) is 4.28. The lowest BCUT2D eigenvalue weighted by Gasteiger charge is -2.19. The van der Waals surface area contributed by atoms with Crippen LogP contribution in [0.5, 0.6) is 17.2 Å². The fourth-order valence-corrected chi connectivity index (χ4v) is 2.94. The molecule has 3 rings (SSSR count). The molecule has 0 saturated heterocycles. The van der Waals surface area contributed by atoms with Crippen molar-refractivity contribution in [1.29, 1.82) is 0 Å². The van der Waals surface area contributed by atoms with E-state index in [-0.39, 0.29) is 17.5 Å². The van der Waals surface area contributed by atoms with Gasteiger partial charge in [-0.3, -0.25) is 4.98 Å². The summed E-state index contributed by atoms with van der Waals surface area (Å²) in [7, 11) is 1.51. The summed E-state index contributed by atoms with van der Waals surface area (Å²) in [5.74, 6) is 1.35. The first-order chi connectivity index (χ1) is 13.1. The molecular weight excluding hydrogens is 342 g/mol. The zero-order chi connectivity index (χ0) is 19.2. The Bertz CT molecular complexity index is 915. The van der Waals surface area contributed by atoms with Crippen LogP contribution in [-0.2, 0) is 0 Å². The Morgan fingerprint density at radius 1 is 1.11 bits per heavy atom. The van der Waals surface area contributed by atoms with Crippen molar-refractivity contribution in [2.75, 3.05) is 12.4 Å². The van der Waals surface area contributed by atoms with Crippen LogP contribution < -0.4 is 10.1 Å². The second kappa shape index (κ2) is 8.40. The molecule has 3 N–H and O–H groups in total. The van der Waals surface area contributed by atoms with Gasteiger partial charge in [0.2, 0.25) is 0 Å². The van der Waals surface area contributed by atoms with E-state index in [1.165, 1.54) is 7.11 Å². The van der Waals surface area contributed by atoms with Crippen LogP contribution in [0.25, 0.3) is 11.3 Å². The van der Waals surface area contributed by atoms with Crippen LogP contribution in [0.4, 0.5) is 5.82 Å². The molecule has 2 aromatic carbocycles. The van der Waals surface area contributed by atoms with Crippen LogP contribution in [0.3, 0.4) is 0 Å². The van der Waals surface area contributed by atoms with Crippen molar-refractivity contribution in [3.63, 3.8) is 0 Å². The van der Waals surface area contributed by atoms with Gasteiger partial charge in [0.15, 0.2) is 11.5 Å². The van der Waals surface area contributed by atoms with Gasteiger partial charge in [-0.1, -0.05) is 25.5 Å². The van der Waals surface area contributed by atoms with Crippen LogP contribution in [0, 0.1) is 0 Å². The Morgan fingerprint density at radius 2 is 1.96 bits per heavy atom. The maximum Gasteiger partial charge on any atom is 0.161 e. The van der Waals surface area contributed by atoms with E-state index in [1.54, 1.807) is 42.7 Å². The number of benzene rings is 2. The van der Waals surface area contributed by atoms with E-state index in [0.717, 1.165) is 24.0 Å². The number of phenolic OH excluding ortho intramolecular Hbond substituents is 2. The summed E-state index contributed by atoms with van der Waals surface area (Å²) < 4.78 is 5.17. The van der Waals surface area contributed by atoms with E-state index in [9.17, 15) is 10.2 Å². The minimum Gasteiger partial charge on any atom is -0.508 e. The molecule has 0 bridgehead atoms. The number of hydrogen-bond donors (Lipinski definition) is 3. The first kappa shape index (κ1) is 18.5. The number of nitrogens with one attached hydrogen (secondary N) is 1. The normalized spacial score (nSPS) is 11.8. The highest BCUT2D eigenvalue weighted by Crippen LogP contribution is 2.31. The van der Waals surface area contributed by atoms with Gasteiger partial charge in [-0.2, -0.15) is 0 Å². The number of phenols is 2. The van der Waals surface area contributed by atoms with Gasteiger partial charge < -0.3 is 20.3 Å². The fourth-order valence-electron chi connectivity index (χ4n) is 2.94. The third kappa shape index (κ3) is 4.47. The van der Waals surface area contributed by atoms with Crippen molar-refractivity contribution in [1.82, 2.24) is 9.97 Å². The number of aromatic hydroxyl groups is 2. The van der Waals surface area contributed by atoms with Crippen molar-refractivity contribution in [2.24, 2.45) is 0 Å². The quantitative estimate of drug-likeness (QED) is 0.571. The molecule has 3 aromatic rings. The zero-order valence-electron chi connectivity index (χ0n) is 15.4. The maximum absolute atomic E-state index is 9.77. The van der Waals surface area contributed by atoms with E-state index >= 15 is 0 Å². The second-order valence-electron chi connectivity index (χ2n) is 6.26. The molecule has 0 amide bonds. The number of ether oxygens (including phenoxy) is 1. The molecule has 0 radical (unpaired) electrons. The number of methoxy groups -OCH3 is 1. The van der Waals surface area contributed by atoms with Crippen molar-refractivity contribution >= 4 is 5.82 Å². The lowest BCUT2D eigenvalue weighted by Crippen LogP contribution is -2.12. The summed E-state index contributed by atoms with van der Waals surface area (Å²) in [4.78, 5) is 8.93. The lowest BCUT2D eigenvalue weighted by atomic mass is 10.0. The predicted molar refractivity (Wildman–Crippen MR) is 105 cm³/mol. The molecule has 0 aliphatic carbocycles. The molecule has 140 valence electrons. The highest BCUT2D eigenvalue weighted by molar-refractivity contribution is 5.64. The van der Waals surface area contributed by atoms with Gasteiger partial charge in [-0.25, -0.2) is 4.98 Å². The van der Waals surface area contributed by atoms with Gasteiger partial charge >= 0.3 is 0 Å². The number of anilines is 1. The second-order valence-corrected chi connectivity index (χ2v) is 6.26. The summed E-state index contributed by atoms with van der Waals surface area (Å²) in [5, 5.41) is 23.0. The Labute approximate surface area is 158 Å². The maximum atomic E-state index is 9.77. The molecule has 1 atom stereocenters. The largest absolute Gasteiger partial charge is 0.508 e. The monoisotopic (exact) mass is 365 g/mol. The van der Waals surface area contributed by atoms with Gasteiger partial charge in [0, 0.05) is 5.56 Å². The van der Waals surface area contributed by atoms with Gasteiger partial charge in [-0.15, -0.1) is 0 Å². The highest BCUT2D eigenvalue weighted by Gasteiger charge is 2.13. The van der Waals surface area contributed by atoms with Crippen molar-refractivity contribution in [3.05, 3.63) is 60.4 Å². The first-order valence-electron chi connectivity index (χ1n) is 8.85. The van der Waals surface area contributed by atoms with Crippen molar-refractivity contribution < 1.29 is 14.9 Å². The predicted octanol–water partition coefficient (Wildman–Crippen LogP) is 4.52. The van der Waals surface area contributed by atoms with Crippen molar-refractivity contribution in [3.8, 4) is 28.5 Å². The summed E-state index contributed by atoms with van der Waals surface area (Å²) in [6.45, 7) is 2.11. The molecular formula is C21H23N3O3. The Balaban J connectivity index is 1.88. The number of rotatable bonds is 7. The van der Waals surface area contributed by atoms with E-state index in [2.05, 4.69) is 22.2 Å². The average molecular weight is 365 g/mol. The first-order valence-corrected chi connectivity index (χ1v) is 8.85. The van der Waals surface area contributed by atoms with Crippen LogP contribution in [-0.4, -0.2) is 27.3 Å². The van der Waals surface area contributed by atoms with E-state index < -0.39 is 0 Å². The summed E-state index contributed by atoms with van der Waals surface area (Å²) >= 11 is 0. The Kier molecular flexibility index (Phi) is 5.76. The Morgan fingerprint density at radius 3 is 2.70 bits per heavy atom. The minimum absolute atomic E-state index is 0.0148. The third-order valence-corrected chi connectivity index (χ3v) is 4.28. The fraction of sp³-hybridized carbons (Fsp3) is 0.238. The van der Waals surface area contributed by atoms with Crippen molar-refractivity contribution in [2.45, 2.75) is 25.8 Å². The molecule has 1 heterocycles. The molecule has 0 fully saturated rings. The zero-order valence-corrected chi connectivity index (χ0v) is 15.4. The molecule has 1 aromatic heterocycles. The van der Waals surface area contributed by atoms with E-state index in [4.69, 9.17) is 4.74 Å². The van der Waals surface area contributed by atoms with Crippen LogP contribution >= 0.6 is 0 Å². The smallest absolute Gasteiger partial charge is 0.161 e. The number of nitrogens with zero attached hydrogens (tertiary/aromatic N) is 2. The summed E-state index contributed by atoms with van der Waals surface area (Å²) in [6.07, 6.45) is 5.21. The molecule has 0 aliphatic heterocycles. The van der Waals surface area contributed by atoms with Gasteiger partial charge in [-0.05, 0) is 42.3 Å². The molecule has 0 aliphatic rings. The number of hydrogen-bond acceptors (Lipinski definition) is 6. The van der Waals surface area contributed by atoms with Crippen LogP contribution in [0.15, 0.2) is 54.9 Å². The van der Waals surface area contributed by atoms with Crippen LogP contribution in [0.2, 0.25) is 0 Å². The van der Waals surface area contributed by atoms with E-state index in [1.807, 2.05) is 12.1 Å². The molecule has 6 nitrogen and oxygen atoms in total. The number of aromatic nitrogens is 2. The Hall–Kier alpha value is -3.28. The highest BCUT2D eigenvalue weighted by atomic mass is 16.5. The topological polar surface area (TPSA) is 87.5 Å². The summed E-state index contributed by atoms with van der Waals surface area (Å²) in [6, 6.07) is 12.3. The molecule has 0 spiro atoms. The molecule has 1 unspecified atom stereocenters. The molecule has 6 heteroatoms. The standard InChI is InChI=1S/C21H23N3O3/c1-3-5-17(14-6-4-7-16(25)10-14)23-21-13-22-12-18(24-21)15-8-9-19(26)20(11-15)27-2/h4,6-13,17,25-26H,3,5H2,1-2H3,(H,23,24). The van der Waals surface area contributed by atoms with Gasteiger partial charge in [0.05, 0.1) is 31.2 Å².